The lowest BCUT2D eigenvalue weighted by molar-refractivity contribution is 0.0347. The fraction of sp³-hybridized carbons (Fsp3) is 0.182. The Balaban J connectivity index is 1.72. The summed E-state index contributed by atoms with van der Waals surface area (Å²) in [7, 11) is -0.933. The van der Waals surface area contributed by atoms with Crippen LogP contribution < -0.4 is 15.9 Å². The minimum absolute atomic E-state index is 0.195. The van der Waals surface area contributed by atoms with Crippen molar-refractivity contribution in [1.82, 2.24) is 0 Å². The summed E-state index contributed by atoms with van der Waals surface area (Å²) in [6.07, 6.45) is 0.171. The maximum atomic E-state index is 13.8. The summed E-state index contributed by atoms with van der Waals surface area (Å²) in [5.41, 5.74) is 2.44. The molecule has 0 heterocycles. The van der Waals surface area contributed by atoms with E-state index in [2.05, 4.69) is 94.1 Å². The van der Waals surface area contributed by atoms with Gasteiger partial charge in [0.15, 0.2) is 0 Å². The Morgan fingerprint density at radius 1 is 0.750 bits per heavy atom. The monoisotopic (exact) mass is 492 g/mol. The van der Waals surface area contributed by atoms with Crippen molar-refractivity contribution in [1.29, 1.82) is 0 Å². The van der Waals surface area contributed by atoms with Crippen LogP contribution in [-0.2, 0) is 11.2 Å². The molecule has 182 valence electrons. The second-order valence-corrected chi connectivity index (χ2v) is 12.1. The first-order chi connectivity index (χ1) is 17.3. The van der Waals surface area contributed by atoms with E-state index in [4.69, 9.17) is 4.74 Å². The van der Waals surface area contributed by atoms with Gasteiger partial charge in [0.1, 0.15) is 6.10 Å². The molecule has 3 heteroatoms. The molecule has 0 amide bonds. The largest absolute Gasteiger partial charge is 0.454 e. The molecule has 0 spiro atoms. The lowest BCUT2D eigenvalue weighted by atomic mass is 9.82. The summed E-state index contributed by atoms with van der Waals surface area (Å²) in [5, 5.41) is 3.38. The van der Waals surface area contributed by atoms with Crippen LogP contribution in [-0.4, -0.2) is 12.1 Å². The average Bonchev–Trinajstić information content (AvgIpc) is 2.89. The van der Waals surface area contributed by atoms with Crippen molar-refractivity contribution >= 4 is 29.8 Å². The number of ether oxygens (including phenoxy) is 1. The molecule has 0 bridgehead atoms. The zero-order valence-corrected chi connectivity index (χ0v) is 22.1. The molecule has 36 heavy (non-hydrogen) atoms. The summed E-state index contributed by atoms with van der Waals surface area (Å²) >= 11 is 0. The minimum Gasteiger partial charge on any atom is -0.454 e. The van der Waals surface area contributed by atoms with Crippen molar-refractivity contribution in [3.8, 4) is 0 Å². The second-order valence-electron chi connectivity index (χ2n) is 9.88. The SMILES string of the molecule is C=C(C(Cc1ccccc1)OC(=O)c1ccccc1P(c1ccccc1)c1ccccc1)C(C)(C)C. The molecule has 0 aliphatic carbocycles. The predicted octanol–water partition coefficient (Wildman–Crippen LogP) is 6.82. The zero-order chi connectivity index (χ0) is 25.5. The van der Waals surface area contributed by atoms with Crippen LogP contribution in [0.3, 0.4) is 0 Å². The van der Waals surface area contributed by atoms with Crippen LogP contribution in [0.4, 0.5) is 0 Å². The van der Waals surface area contributed by atoms with Crippen molar-refractivity contribution in [3.63, 3.8) is 0 Å². The maximum Gasteiger partial charge on any atom is 0.339 e. The molecule has 0 fully saturated rings. The van der Waals surface area contributed by atoms with E-state index in [1.165, 1.54) is 10.6 Å². The highest BCUT2D eigenvalue weighted by Crippen LogP contribution is 2.35. The van der Waals surface area contributed by atoms with Crippen molar-refractivity contribution in [2.75, 3.05) is 0 Å². The van der Waals surface area contributed by atoms with Gasteiger partial charge in [-0.2, -0.15) is 0 Å². The van der Waals surface area contributed by atoms with Gasteiger partial charge in [0, 0.05) is 6.42 Å². The van der Waals surface area contributed by atoms with Gasteiger partial charge in [-0.25, -0.2) is 4.79 Å². The van der Waals surface area contributed by atoms with Gasteiger partial charge in [-0.05, 0) is 46.5 Å². The molecule has 1 atom stereocenters. The van der Waals surface area contributed by atoms with E-state index >= 15 is 0 Å². The van der Waals surface area contributed by atoms with E-state index in [9.17, 15) is 4.79 Å². The topological polar surface area (TPSA) is 26.3 Å². The van der Waals surface area contributed by atoms with Gasteiger partial charge in [-0.3, -0.25) is 0 Å². The molecule has 0 saturated carbocycles. The second kappa shape index (κ2) is 11.5. The van der Waals surface area contributed by atoms with Gasteiger partial charge >= 0.3 is 5.97 Å². The highest BCUT2D eigenvalue weighted by Gasteiger charge is 2.29. The van der Waals surface area contributed by atoms with E-state index in [-0.39, 0.29) is 11.4 Å². The quantitative estimate of drug-likeness (QED) is 0.153. The third-order valence-corrected chi connectivity index (χ3v) is 8.76. The molecule has 2 nitrogen and oxygen atoms in total. The van der Waals surface area contributed by atoms with Crippen LogP contribution in [0.25, 0.3) is 0 Å². The highest BCUT2D eigenvalue weighted by atomic mass is 31.1. The summed E-state index contributed by atoms with van der Waals surface area (Å²) < 4.78 is 6.26. The first-order valence-corrected chi connectivity index (χ1v) is 13.6. The molecular weight excluding hydrogens is 459 g/mol. The molecule has 4 aromatic rings. The summed E-state index contributed by atoms with van der Waals surface area (Å²) in [4.78, 5) is 13.8. The Hall–Kier alpha value is -3.48. The summed E-state index contributed by atoms with van der Waals surface area (Å²) in [5.74, 6) is -0.309. The average molecular weight is 493 g/mol. The van der Waals surface area contributed by atoms with Crippen LogP contribution in [0.15, 0.2) is 127 Å². The van der Waals surface area contributed by atoms with E-state index in [0.717, 1.165) is 16.4 Å². The number of hydrogen-bond donors (Lipinski definition) is 0. The van der Waals surface area contributed by atoms with Gasteiger partial charge < -0.3 is 4.74 Å². The number of esters is 1. The van der Waals surface area contributed by atoms with E-state index in [1.807, 2.05) is 48.5 Å². The lowest BCUT2D eigenvalue weighted by Crippen LogP contribution is -2.31. The molecule has 0 saturated heterocycles. The smallest absolute Gasteiger partial charge is 0.339 e. The van der Waals surface area contributed by atoms with Crippen molar-refractivity contribution in [3.05, 3.63) is 139 Å². The fourth-order valence-corrected chi connectivity index (χ4v) is 6.60. The molecule has 0 aliphatic rings. The Morgan fingerprint density at radius 3 is 1.75 bits per heavy atom. The highest BCUT2D eigenvalue weighted by molar-refractivity contribution is 7.80. The molecule has 0 aromatic heterocycles. The third-order valence-electron chi connectivity index (χ3n) is 6.26. The van der Waals surface area contributed by atoms with E-state index in [1.54, 1.807) is 0 Å². The number of hydrogen-bond acceptors (Lipinski definition) is 2. The maximum absolute atomic E-state index is 13.8. The van der Waals surface area contributed by atoms with Crippen molar-refractivity contribution in [2.24, 2.45) is 5.41 Å². The number of rotatable bonds is 8. The standard InChI is InChI=1S/C33H33O2P/c1-25(33(2,3)4)30(24-26-16-8-5-9-17-26)35-32(34)29-22-14-15-23-31(29)36(27-18-10-6-11-19-27)28-20-12-7-13-21-28/h5-23,30H,1,24H2,2-4H3. The molecule has 0 N–H and O–H groups in total. The number of benzene rings is 4. The minimum atomic E-state index is -0.933. The zero-order valence-electron chi connectivity index (χ0n) is 21.2. The Bertz CT molecular complexity index is 1250. The first-order valence-electron chi connectivity index (χ1n) is 12.3. The van der Waals surface area contributed by atoms with Gasteiger partial charge in [0.25, 0.3) is 0 Å². The van der Waals surface area contributed by atoms with Crippen LogP contribution in [0.5, 0.6) is 0 Å². The molecule has 0 aliphatic heterocycles. The Morgan fingerprint density at radius 2 is 1.22 bits per heavy atom. The van der Waals surface area contributed by atoms with Crippen molar-refractivity contribution in [2.45, 2.75) is 33.3 Å². The first kappa shape index (κ1) is 25.6. The van der Waals surface area contributed by atoms with Crippen molar-refractivity contribution < 1.29 is 9.53 Å². The fourth-order valence-electron chi connectivity index (χ4n) is 4.16. The van der Waals surface area contributed by atoms with Gasteiger partial charge in [0.2, 0.25) is 0 Å². The normalized spacial score (nSPS) is 12.2. The van der Waals surface area contributed by atoms with Gasteiger partial charge in [-0.1, -0.05) is 137 Å². The lowest BCUT2D eigenvalue weighted by Gasteiger charge is -2.30. The van der Waals surface area contributed by atoms with Crippen LogP contribution in [0.1, 0.15) is 36.7 Å². The number of carbonyl (C=O) groups excluding carboxylic acids is 1. The van der Waals surface area contributed by atoms with Crippen LogP contribution >= 0.6 is 7.92 Å². The van der Waals surface area contributed by atoms with Crippen LogP contribution in [0.2, 0.25) is 0 Å². The van der Waals surface area contributed by atoms with Crippen LogP contribution in [0, 0.1) is 5.41 Å². The van der Waals surface area contributed by atoms with E-state index in [0.29, 0.717) is 12.0 Å². The summed E-state index contributed by atoms with van der Waals surface area (Å²) in [6.45, 7) is 10.7. The third kappa shape index (κ3) is 6.20. The molecule has 1 unspecified atom stereocenters. The Kier molecular flexibility index (Phi) is 8.18. The summed E-state index contributed by atoms with van der Waals surface area (Å²) in [6, 6.07) is 38.8. The molecule has 0 radical (unpaired) electrons. The number of carbonyl (C=O) groups is 1. The van der Waals surface area contributed by atoms with E-state index < -0.39 is 14.0 Å². The predicted molar refractivity (Wildman–Crippen MR) is 153 cm³/mol. The Labute approximate surface area is 216 Å². The molecule has 4 aromatic carbocycles. The van der Waals surface area contributed by atoms with Gasteiger partial charge in [0.05, 0.1) is 5.56 Å². The molecule has 4 rings (SSSR count). The van der Waals surface area contributed by atoms with Gasteiger partial charge in [-0.15, -0.1) is 0 Å². The molecular formula is C33H33O2P.